The molecule has 2 heterocycles. The average Bonchev–Trinajstić information content (AvgIpc) is 2.86. The van der Waals surface area contributed by atoms with Crippen LogP contribution in [0.5, 0.6) is 11.5 Å². The fourth-order valence-electron chi connectivity index (χ4n) is 2.78. The van der Waals surface area contributed by atoms with Crippen LogP contribution >= 0.6 is 0 Å². The number of nitrogens with one attached hydrogen (secondary N) is 1. The van der Waals surface area contributed by atoms with Crippen LogP contribution in [0, 0.1) is 0 Å². The Hall–Kier alpha value is -1.94. The van der Waals surface area contributed by atoms with Crippen molar-refractivity contribution in [2.24, 2.45) is 0 Å². The summed E-state index contributed by atoms with van der Waals surface area (Å²) in [6.45, 7) is 2.07. The molecule has 20 heavy (non-hydrogen) atoms. The molecule has 0 fully saturated rings. The van der Waals surface area contributed by atoms with E-state index in [9.17, 15) is 0 Å². The molecule has 106 valence electrons. The van der Waals surface area contributed by atoms with E-state index in [1.807, 2.05) is 6.07 Å². The van der Waals surface area contributed by atoms with Crippen LogP contribution in [-0.4, -0.2) is 25.3 Å². The molecule has 2 aromatic rings. The summed E-state index contributed by atoms with van der Waals surface area (Å²) in [4.78, 5) is 0. The summed E-state index contributed by atoms with van der Waals surface area (Å²) in [5.74, 6) is 1.65. The first-order chi connectivity index (χ1) is 9.81. The summed E-state index contributed by atoms with van der Waals surface area (Å²) in [5.41, 5.74) is 2.46. The van der Waals surface area contributed by atoms with Gasteiger partial charge >= 0.3 is 0 Å². The Morgan fingerprint density at radius 3 is 2.60 bits per heavy atom. The topological polar surface area (TPSA) is 35.4 Å². The van der Waals surface area contributed by atoms with Crippen molar-refractivity contribution in [2.75, 3.05) is 20.8 Å². The minimum atomic E-state index is 0.177. The second-order valence-corrected chi connectivity index (χ2v) is 5.01. The van der Waals surface area contributed by atoms with E-state index >= 15 is 0 Å². The first kappa shape index (κ1) is 13.1. The molecule has 0 aliphatic carbocycles. The van der Waals surface area contributed by atoms with Crippen LogP contribution in [-0.2, 0) is 6.54 Å². The number of nitrogens with zero attached hydrogens (tertiary/aromatic N) is 1. The van der Waals surface area contributed by atoms with Gasteiger partial charge in [0.05, 0.1) is 20.3 Å². The zero-order valence-corrected chi connectivity index (χ0v) is 11.9. The molecule has 0 saturated heterocycles. The molecule has 0 spiro atoms. The van der Waals surface area contributed by atoms with E-state index in [1.54, 1.807) is 14.2 Å². The summed E-state index contributed by atoms with van der Waals surface area (Å²) >= 11 is 0. The SMILES string of the molecule is COc1cc(OC)cc(C2NCCCn3cccc32)c1. The molecule has 1 aliphatic rings. The van der Waals surface area contributed by atoms with Gasteiger partial charge in [-0.1, -0.05) is 0 Å². The summed E-state index contributed by atoms with van der Waals surface area (Å²) in [6.07, 6.45) is 3.28. The minimum Gasteiger partial charge on any atom is -0.497 e. The Balaban J connectivity index is 2.04. The fourth-order valence-corrected chi connectivity index (χ4v) is 2.78. The van der Waals surface area contributed by atoms with Crippen molar-refractivity contribution >= 4 is 0 Å². The minimum absolute atomic E-state index is 0.177. The molecular weight excluding hydrogens is 252 g/mol. The summed E-state index contributed by atoms with van der Waals surface area (Å²) in [5, 5.41) is 3.61. The van der Waals surface area contributed by atoms with Gasteiger partial charge in [-0.05, 0) is 42.8 Å². The lowest BCUT2D eigenvalue weighted by Gasteiger charge is -2.19. The lowest BCUT2D eigenvalue weighted by Crippen LogP contribution is -2.22. The quantitative estimate of drug-likeness (QED) is 0.933. The van der Waals surface area contributed by atoms with Gasteiger partial charge in [-0.25, -0.2) is 0 Å². The number of ether oxygens (including phenoxy) is 2. The van der Waals surface area contributed by atoms with Crippen LogP contribution in [0.3, 0.4) is 0 Å². The van der Waals surface area contributed by atoms with Gasteiger partial charge in [0.2, 0.25) is 0 Å². The standard InChI is InChI=1S/C16H20N2O2/c1-19-13-9-12(10-14(11-13)20-2)16-15-5-3-7-18(15)8-4-6-17-16/h3,5,7,9-11,16-17H,4,6,8H2,1-2H3. The third-order valence-electron chi connectivity index (χ3n) is 3.79. The van der Waals surface area contributed by atoms with E-state index in [0.29, 0.717) is 0 Å². The Labute approximate surface area is 119 Å². The fraction of sp³-hybridized carbons (Fsp3) is 0.375. The summed E-state index contributed by atoms with van der Waals surface area (Å²) in [6, 6.07) is 10.5. The molecule has 0 radical (unpaired) electrons. The maximum atomic E-state index is 5.37. The van der Waals surface area contributed by atoms with Crippen molar-refractivity contribution in [3.63, 3.8) is 0 Å². The van der Waals surface area contributed by atoms with E-state index in [2.05, 4.69) is 40.3 Å². The Bertz CT molecular complexity index is 570. The van der Waals surface area contributed by atoms with E-state index in [4.69, 9.17) is 9.47 Å². The molecule has 0 amide bonds. The highest BCUT2D eigenvalue weighted by molar-refractivity contribution is 5.42. The lowest BCUT2D eigenvalue weighted by atomic mass is 10.0. The van der Waals surface area contributed by atoms with Crippen LogP contribution in [0.4, 0.5) is 0 Å². The second-order valence-electron chi connectivity index (χ2n) is 5.01. The summed E-state index contributed by atoms with van der Waals surface area (Å²) in [7, 11) is 3.36. The molecule has 0 saturated carbocycles. The van der Waals surface area contributed by atoms with Crippen molar-refractivity contribution in [1.82, 2.24) is 9.88 Å². The number of methoxy groups -OCH3 is 2. The van der Waals surface area contributed by atoms with Gasteiger partial charge in [0.1, 0.15) is 11.5 Å². The number of rotatable bonds is 3. The normalized spacial score (nSPS) is 18.2. The molecule has 1 unspecified atom stereocenters. The van der Waals surface area contributed by atoms with Gasteiger partial charge in [-0.3, -0.25) is 0 Å². The molecule has 4 heteroatoms. The first-order valence-electron chi connectivity index (χ1n) is 6.93. The predicted octanol–water partition coefficient (Wildman–Crippen LogP) is 2.59. The number of aromatic nitrogens is 1. The van der Waals surface area contributed by atoms with Crippen LogP contribution in [0.2, 0.25) is 0 Å². The smallest absolute Gasteiger partial charge is 0.122 e. The zero-order valence-electron chi connectivity index (χ0n) is 11.9. The van der Waals surface area contributed by atoms with Gasteiger partial charge in [0.25, 0.3) is 0 Å². The molecule has 4 nitrogen and oxygen atoms in total. The lowest BCUT2D eigenvalue weighted by molar-refractivity contribution is 0.392. The van der Waals surface area contributed by atoms with Crippen LogP contribution in [0.1, 0.15) is 23.7 Å². The van der Waals surface area contributed by atoms with Crippen molar-refractivity contribution in [1.29, 1.82) is 0 Å². The monoisotopic (exact) mass is 272 g/mol. The van der Waals surface area contributed by atoms with Gasteiger partial charge < -0.3 is 19.4 Å². The average molecular weight is 272 g/mol. The van der Waals surface area contributed by atoms with Crippen molar-refractivity contribution in [3.8, 4) is 11.5 Å². The van der Waals surface area contributed by atoms with Gasteiger partial charge in [0.15, 0.2) is 0 Å². The largest absolute Gasteiger partial charge is 0.497 e. The van der Waals surface area contributed by atoms with Crippen molar-refractivity contribution < 1.29 is 9.47 Å². The van der Waals surface area contributed by atoms with Crippen molar-refractivity contribution in [3.05, 3.63) is 47.8 Å². The maximum Gasteiger partial charge on any atom is 0.122 e. The third-order valence-corrected chi connectivity index (χ3v) is 3.79. The first-order valence-corrected chi connectivity index (χ1v) is 6.93. The van der Waals surface area contributed by atoms with E-state index in [1.165, 1.54) is 11.3 Å². The van der Waals surface area contributed by atoms with E-state index in [-0.39, 0.29) is 6.04 Å². The molecule has 1 aromatic heterocycles. The van der Waals surface area contributed by atoms with Gasteiger partial charge in [-0.2, -0.15) is 0 Å². The van der Waals surface area contributed by atoms with E-state index in [0.717, 1.165) is 31.0 Å². The van der Waals surface area contributed by atoms with Gasteiger partial charge in [0, 0.05) is 24.5 Å². The third kappa shape index (κ3) is 2.39. The molecule has 1 N–H and O–H groups in total. The Morgan fingerprint density at radius 2 is 1.90 bits per heavy atom. The molecule has 1 aromatic carbocycles. The molecular formula is C16H20N2O2. The van der Waals surface area contributed by atoms with Crippen molar-refractivity contribution in [2.45, 2.75) is 19.0 Å². The van der Waals surface area contributed by atoms with E-state index < -0.39 is 0 Å². The second kappa shape index (κ2) is 5.59. The molecule has 3 rings (SSSR count). The number of fused-ring (bicyclic) bond motifs is 1. The maximum absolute atomic E-state index is 5.37. The zero-order chi connectivity index (χ0) is 13.9. The Kier molecular flexibility index (Phi) is 3.65. The molecule has 0 bridgehead atoms. The number of hydrogen-bond donors (Lipinski definition) is 1. The van der Waals surface area contributed by atoms with Crippen LogP contribution in [0.15, 0.2) is 36.5 Å². The number of aryl methyl sites for hydroxylation is 1. The highest BCUT2D eigenvalue weighted by Crippen LogP contribution is 2.31. The predicted molar refractivity (Wildman–Crippen MR) is 78.4 cm³/mol. The van der Waals surface area contributed by atoms with Crippen LogP contribution in [0.25, 0.3) is 0 Å². The molecule has 1 aliphatic heterocycles. The Morgan fingerprint density at radius 1 is 1.15 bits per heavy atom. The number of hydrogen-bond acceptors (Lipinski definition) is 3. The highest BCUT2D eigenvalue weighted by Gasteiger charge is 2.20. The number of benzene rings is 1. The molecule has 1 atom stereocenters. The summed E-state index contributed by atoms with van der Waals surface area (Å²) < 4.78 is 13.1. The highest BCUT2D eigenvalue weighted by atomic mass is 16.5. The van der Waals surface area contributed by atoms with Crippen LogP contribution < -0.4 is 14.8 Å². The van der Waals surface area contributed by atoms with Gasteiger partial charge in [-0.15, -0.1) is 0 Å².